The zero-order chi connectivity index (χ0) is 9.23. The number of hydrogen-bond acceptors (Lipinski definition) is 1. The number of carbonyl (C=O) groups is 1. The Bertz CT molecular complexity index is 136. The van der Waals surface area contributed by atoms with E-state index in [0.717, 1.165) is 25.7 Å². The van der Waals surface area contributed by atoms with Crippen LogP contribution in [0.3, 0.4) is 0 Å². The van der Waals surface area contributed by atoms with Gasteiger partial charge in [0.1, 0.15) is 0 Å². The lowest BCUT2D eigenvalue weighted by atomic mass is 10.1. The Hall–Kier alpha value is -0.590. The number of allylic oxidation sites excluding steroid dienone is 2. The van der Waals surface area contributed by atoms with Crippen LogP contribution in [-0.4, -0.2) is 5.78 Å². The van der Waals surface area contributed by atoms with E-state index >= 15 is 0 Å². The van der Waals surface area contributed by atoms with Crippen LogP contribution in [0.25, 0.3) is 0 Å². The van der Waals surface area contributed by atoms with Gasteiger partial charge in [0.05, 0.1) is 0 Å². The molecule has 0 rings (SSSR count). The van der Waals surface area contributed by atoms with Gasteiger partial charge in [0.15, 0.2) is 5.78 Å². The molecule has 0 aromatic carbocycles. The molecule has 0 bridgehead atoms. The van der Waals surface area contributed by atoms with E-state index in [1.807, 2.05) is 6.08 Å². The van der Waals surface area contributed by atoms with Crippen LogP contribution >= 0.6 is 0 Å². The lowest BCUT2D eigenvalue weighted by molar-refractivity contribution is -0.114. The van der Waals surface area contributed by atoms with Gasteiger partial charge in [-0.2, -0.15) is 0 Å². The van der Waals surface area contributed by atoms with Crippen LogP contribution in [0.2, 0.25) is 0 Å². The summed E-state index contributed by atoms with van der Waals surface area (Å²) in [5.74, 6) is 0.289. The molecule has 0 unspecified atom stereocenters. The minimum atomic E-state index is 0.289. The Morgan fingerprint density at radius 3 is 2.50 bits per heavy atom. The van der Waals surface area contributed by atoms with Gasteiger partial charge in [-0.25, -0.2) is 0 Å². The summed E-state index contributed by atoms with van der Waals surface area (Å²) >= 11 is 0. The number of ketones is 1. The summed E-state index contributed by atoms with van der Waals surface area (Å²) in [6, 6.07) is 0. The maximum absolute atomic E-state index is 11.1. The van der Waals surface area contributed by atoms with Crippen molar-refractivity contribution in [2.75, 3.05) is 0 Å². The maximum atomic E-state index is 11.1. The van der Waals surface area contributed by atoms with Crippen molar-refractivity contribution in [2.45, 2.75) is 52.4 Å². The maximum Gasteiger partial charge on any atom is 0.155 e. The molecule has 0 amide bonds. The van der Waals surface area contributed by atoms with Gasteiger partial charge in [0, 0.05) is 6.42 Å². The molecular formula is C11H20O. The van der Waals surface area contributed by atoms with Gasteiger partial charge < -0.3 is 0 Å². The fraction of sp³-hybridized carbons (Fsp3) is 0.727. The van der Waals surface area contributed by atoms with Crippen molar-refractivity contribution in [1.82, 2.24) is 0 Å². The van der Waals surface area contributed by atoms with E-state index in [0.29, 0.717) is 0 Å². The van der Waals surface area contributed by atoms with Crippen molar-refractivity contribution in [3.63, 3.8) is 0 Å². The quantitative estimate of drug-likeness (QED) is 0.420. The van der Waals surface area contributed by atoms with Crippen LogP contribution in [0, 0.1) is 0 Å². The summed E-state index contributed by atoms with van der Waals surface area (Å²) in [6.45, 7) is 4.27. The molecule has 0 aromatic heterocycles. The average molecular weight is 168 g/mol. The van der Waals surface area contributed by atoms with E-state index in [-0.39, 0.29) is 5.78 Å². The number of carbonyl (C=O) groups excluding carboxylic acids is 1. The number of rotatable bonds is 7. The Balaban J connectivity index is 3.33. The van der Waals surface area contributed by atoms with Crippen LogP contribution in [0.15, 0.2) is 12.2 Å². The van der Waals surface area contributed by atoms with E-state index in [1.165, 1.54) is 12.8 Å². The van der Waals surface area contributed by atoms with Gasteiger partial charge in [0.2, 0.25) is 0 Å². The molecule has 12 heavy (non-hydrogen) atoms. The van der Waals surface area contributed by atoms with Gasteiger partial charge in [-0.3, -0.25) is 4.79 Å². The topological polar surface area (TPSA) is 17.1 Å². The first-order valence-electron chi connectivity index (χ1n) is 5.00. The van der Waals surface area contributed by atoms with Crippen molar-refractivity contribution < 1.29 is 4.79 Å². The largest absolute Gasteiger partial charge is 0.295 e. The second-order valence-corrected chi connectivity index (χ2v) is 3.11. The molecule has 0 saturated heterocycles. The molecule has 0 spiro atoms. The zero-order valence-electron chi connectivity index (χ0n) is 8.31. The van der Waals surface area contributed by atoms with E-state index in [2.05, 4.69) is 13.8 Å². The Morgan fingerprint density at radius 2 is 1.92 bits per heavy atom. The molecular weight excluding hydrogens is 148 g/mol. The fourth-order valence-electron chi connectivity index (χ4n) is 1.01. The molecule has 1 nitrogen and oxygen atoms in total. The smallest absolute Gasteiger partial charge is 0.155 e. The van der Waals surface area contributed by atoms with Crippen LogP contribution in [0.4, 0.5) is 0 Å². The van der Waals surface area contributed by atoms with E-state index in [1.54, 1.807) is 6.08 Å². The van der Waals surface area contributed by atoms with Crippen molar-refractivity contribution in [2.24, 2.45) is 0 Å². The second-order valence-electron chi connectivity index (χ2n) is 3.11. The predicted octanol–water partition coefficient (Wildman–Crippen LogP) is 3.49. The highest BCUT2D eigenvalue weighted by Crippen LogP contribution is 2.00. The molecule has 0 fully saturated rings. The fourth-order valence-corrected chi connectivity index (χ4v) is 1.01. The third-order valence-electron chi connectivity index (χ3n) is 1.79. The van der Waals surface area contributed by atoms with E-state index in [9.17, 15) is 4.79 Å². The Labute approximate surface area is 75.9 Å². The third-order valence-corrected chi connectivity index (χ3v) is 1.79. The SMILES string of the molecule is CCCC=CC(=O)CCCCC. The van der Waals surface area contributed by atoms with E-state index in [4.69, 9.17) is 0 Å². The summed E-state index contributed by atoms with van der Waals surface area (Å²) in [4.78, 5) is 11.1. The first-order chi connectivity index (χ1) is 5.81. The summed E-state index contributed by atoms with van der Waals surface area (Å²) in [7, 11) is 0. The van der Waals surface area contributed by atoms with Gasteiger partial charge in [-0.05, 0) is 18.9 Å². The highest BCUT2D eigenvalue weighted by atomic mass is 16.1. The number of hydrogen-bond donors (Lipinski definition) is 0. The third kappa shape index (κ3) is 7.52. The monoisotopic (exact) mass is 168 g/mol. The summed E-state index contributed by atoms with van der Waals surface area (Å²) in [5, 5.41) is 0. The van der Waals surface area contributed by atoms with E-state index < -0.39 is 0 Å². The van der Waals surface area contributed by atoms with Crippen molar-refractivity contribution in [3.05, 3.63) is 12.2 Å². The molecule has 70 valence electrons. The van der Waals surface area contributed by atoms with Crippen LogP contribution in [0.5, 0.6) is 0 Å². The van der Waals surface area contributed by atoms with Crippen LogP contribution < -0.4 is 0 Å². The highest BCUT2D eigenvalue weighted by molar-refractivity contribution is 5.89. The molecule has 0 aliphatic rings. The standard InChI is InChI=1S/C11H20O/c1-3-5-7-9-11(12)10-8-6-4-2/h7,9H,3-6,8,10H2,1-2H3. The van der Waals surface area contributed by atoms with Crippen molar-refractivity contribution >= 4 is 5.78 Å². The summed E-state index contributed by atoms with van der Waals surface area (Å²) < 4.78 is 0. The lowest BCUT2D eigenvalue weighted by Gasteiger charge is -1.93. The predicted molar refractivity (Wildman–Crippen MR) is 53.2 cm³/mol. The lowest BCUT2D eigenvalue weighted by Crippen LogP contribution is -1.91. The van der Waals surface area contributed by atoms with Crippen molar-refractivity contribution in [3.8, 4) is 0 Å². The van der Waals surface area contributed by atoms with Gasteiger partial charge in [-0.1, -0.05) is 39.2 Å². The highest BCUT2D eigenvalue weighted by Gasteiger charge is 1.94. The molecule has 0 aliphatic carbocycles. The molecule has 0 aromatic rings. The molecule has 0 aliphatic heterocycles. The Kier molecular flexibility index (Phi) is 8.09. The summed E-state index contributed by atoms with van der Waals surface area (Å²) in [5.41, 5.74) is 0. The van der Waals surface area contributed by atoms with Crippen LogP contribution in [0.1, 0.15) is 52.4 Å². The first kappa shape index (κ1) is 11.4. The van der Waals surface area contributed by atoms with Gasteiger partial charge >= 0.3 is 0 Å². The average Bonchev–Trinajstić information content (AvgIpc) is 2.06. The zero-order valence-corrected chi connectivity index (χ0v) is 8.31. The molecule has 0 N–H and O–H groups in total. The minimum Gasteiger partial charge on any atom is -0.295 e. The minimum absolute atomic E-state index is 0.289. The van der Waals surface area contributed by atoms with Crippen molar-refractivity contribution in [1.29, 1.82) is 0 Å². The first-order valence-corrected chi connectivity index (χ1v) is 5.00. The van der Waals surface area contributed by atoms with Gasteiger partial charge in [-0.15, -0.1) is 0 Å². The molecule has 0 radical (unpaired) electrons. The number of unbranched alkanes of at least 4 members (excludes halogenated alkanes) is 3. The summed E-state index contributed by atoms with van der Waals surface area (Å²) in [6.07, 6.45) is 10.0. The molecule has 0 heterocycles. The molecule has 1 heteroatoms. The van der Waals surface area contributed by atoms with Crippen LogP contribution in [-0.2, 0) is 4.79 Å². The molecule has 0 saturated carbocycles. The molecule has 0 atom stereocenters. The normalized spacial score (nSPS) is 10.8. The Morgan fingerprint density at radius 1 is 1.17 bits per heavy atom. The van der Waals surface area contributed by atoms with Gasteiger partial charge in [0.25, 0.3) is 0 Å². The second kappa shape index (κ2) is 8.51.